The molecule has 1 aliphatic heterocycles. The van der Waals surface area contributed by atoms with Gasteiger partial charge in [0.05, 0.1) is 26.2 Å². The number of nitrogens with zero attached hydrogens (tertiary/aromatic N) is 2. The molecule has 0 saturated heterocycles. The Morgan fingerprint density at radius 3 is 2.29 bits per heavy atom. The van der Waals surface area contributed by atoms with Crippen LogP contribution in [0.2, 0.25) is 0 Å². The van der Waals surface area contributed by atoms with E-state index in [1.807, 2.05) is 0 Å². The van der Waals surface area contributed by atoms with Gasteiger partial charge in [-0.2, -0.15) is 4.41 Å². The van der Waals surface area contributed by atoms with Gasteiger partial charge >= 0.3 is 11.9 Å². The third kappa shape index (κ3) is 3.74. The lowest BCUT2D eigenvalue weighted by molar-refractivity contribution is -0.134. The summed E-state index contributed by atoms with van der Waals surface area (Å²) in [6, 6.07) is 6.39. The highest BCUT2D eigenvalue weighted by Gasteiger charge is 2.32. The second-order valence-electron chi connectivity index (χ2n) is 4.37. The van der Waals surface area contributed by atoms with E-state index in [1.54, 1.807) is 24.3 Å². The number of hydrogen-bond acceptors (Lipinski definition) is 8. The lowest BCUT2D eigenvalue weighted by Crippen LogP contribution is -2.18. The number of carbonyl (C=O) groups excluding carboxylic acids is 3. The van der Waals surface area contributed by atoms with Crippen molar-refractivity contribution in [2.75, 3.05) is 21.3 Å². The second kappa shape index (κ2) is 7.64. The first-order chi connectivity index (χ1) is 11.5. The first-order valence-electron chi connectivity index (χ1n) is 6.63. The van der Waals surface area contributed by atoms with Gasteiger partial charge in [-0.3, -0.25) is 4.79 Å². The van der Waals surface area contributed by atoms with Crippen molar-refractivity contribution in [2.24, 2.45) is 5.10 Å². The van der Waals surface area contributed by atoms with Crippen LogP contribution in [0.3, 0.4) is 0 Å². The van der Waals surface area contributed by atoms with E-state index in [4.69, 9.17) is 4.74 Å². The summed E-state index contributed by atoms with van der Waals surface area (Å²) in [5.41, 5.74) is 0.199. The van der Waals surface area contributed by atoms with E-state index >= 15 is 0 Å². The van der Waals surface area contributed by atoms with E-state index in [2.05, 4.69) is 14.6 Å². The number of methoxy groups -OCH3 is 3. The van der Waals surface area contributed by atoms with Crippen molar-refractivity contribution >= 4 is 35.5 Å². The summed E-state index contributed by atoms with van der Waals surface area (Å²) < 4.78 is 15.2. The summed E-state index contributed by atoms with van der Waals surface area (Å²) in [4.78, 5) is 35.8. The smallest absolute Gasteiger partial charge is 0.359 e. The fourth-order valence-corrected chi connectivity index (χ4v) is 2.58. The minimum atomic E-state index is -0.761. The molecule has 0 unspecified atom stereocenters. The monoisotopic (exact) mass is 350 g/mol. The zero-order valence-corrected chi connectivity index (χ0v) is 14.0. The molecule has 2 rings (SSSR count). The largest absolute Gasteiger partial charge is 0.497 e. The first kappa shape index (κ1) is 17.5. The van der Waals surface area contributed by atoms with Crippen LogP contribution in [0.4, 0.5) is 0 Å². The van der Waals surface area contributed by atoms with Gasteiger partial charge in [-0.15, -0.1) is 5.10 Å². The predicted molar refractivity (Wildman–Crippen MR) is 86.3 cm³/mol. The molecule has 0 radical (unpaired) electrons. The number of hydrogen-bond donors (Lipinski definition) is 0. The third-order valence-corrected chi connectivity index (χ3v) is 3.88. The molecule has 1 heterocycles. The molecule has 0 bridgehead atoms. The number of rotatable bonds is 4. The lowest BCUT2D eigenvalue weighted by atomic mass is 10.2. The van der Waals surface area contributed by atoms with E-state index < -0.39 is 17.8 Å². The molecule has 24 heavy (non-hydrogen) atoms. The molecule has 0 aromatic heterocycles. The van der Waals surface area contributed by atoms with Crippen molar-refractivity contribution in [2.45, 2.75) is 0 Å². The SMILES string of the molecule is COC(=O)/C=C1/SN(C(=O)c2ccc(OC)cc2)N=C1C(=O)OC. The number of carbonyl (C=O) groups is 3. The molecule has 0 atom stereocenters. The van der Waals surface area contributed by atoms with Gasteiger partial charge in [-0.05, 0) is 24.3 Å². The summed E-state index contributed by atoms with van der Waals surface area (Å²) in [7, 11) is 3.90. The van der Waals surface area contributed by atoms with Crippen LogP contribution in [-0.2, 0) is 19.1 Å². The highest BCUT2D eigenvalue weighted by Crippen LogP contribution is 2.32. The Morgan fingerprint density at radius 1 is 1.08 bits per heavy atom. The van der Waals surface area contributed by atoms with Gasteiger partial charge in [-0.1, -0.05) is 0 Å². The second-order valence-corrected chi connectivity index (χ2v) is 5.34. The van der Waals surface area contributed by atoms with Crippen LogP contribution < -0.4 is 4.74 Å². The topological polar surface area (TPSA) is 94.5 Å². The molecule has 9 heteroatoms. The molecule has 8 nitrogen and oxygen atoms in total. The summed E-state index contributed by atoms with van der Waals surface area (Å²) in [6.07, 6.45) is 1.07. The summed E-state index contributed by atoms with van der Waals surface area (Å²) in [6.45, 7) is 0. The molecule has 0 saturated carbocycles. The molecule has 126 valence electrons. The summed E-state index contributed by atoms with van der Waals surface area (Å²) >= 11 is 0.827. The molecule has 0 N–H and O–H groups in total. The van der Waals surface area contributed by atoms with E-state index in [-0.39, 0.29) is 10.6 Å². The van der Waals surface area contributed by atoms with Crippen molar-refractivity contribution in [1.82, 2.24) is 4.41 Å². The fraction of sp³-hybridized carbons (Fsp3) is 0.200. The maximum absolute atomic E-state index is 12.5. The molecule has 0 aliphatic carbocycles. The van der Waals surface area contributed by atoms with Gasteiger partial charge in [0.1, 0.15) is 5.75 Å². The van der Waals surface area contributed by atoms with Crippen LogP contribution in [0, 0.1) is 0 Å². The zero-order chi connectivity index (χ0) is 17.7. The lowest BCUT2D eigenvalue weighted by Gasteiger charge is -2.10. The average molecular weight is 350 g/mol. The van der Waals surface area contributed by atoms with Crippen LogP contribution in [0.25, 0.3) is 0 Å². The van der Waals surface area contributed by atoms with E-state index in [1.165, 1.54) is 21.3 Å². The Bertz CT molecular complexity index is 726. The Hall–Kier alpha value is -2.81. The summed E-state index contributed by atoms with van der Waals surface area (Å²) in [5.74, 6) is -1.29. The maximum atomic E-state index is 12.5. The third-order valence-electron chi connectivity index (χ3n) is 2.95. The average Bonchev–Trinajstić information content (AvgIpc) is 3.04. The van der Waals surface area contributed by atoms with Gasteiger partial charge in [-0.25, -0.2) is 9.59 Å². The van der Waals surface area contributed by atoms with Gasteiger partial charge < -0.3 is 14.2 Å². The first-order valence-corrected chi connectivity index (χ1v) is 7.41. The van der Waals surface area contributed by atoms with E-state index in [0.29, 0.717) is 11.3 Å². The quantitative estimate of drug-likeness (QED) is 0.460. The molecule has 1 aromatic rings. The minimum absolute atomic E-state index is 0.144. The predicted octanol–water partition coefficient (Wildman–Crippen LogP) is 1.39. The van der Waals surface area contributed by atoms with Crippen LogP contribution in [0.1, 0.15) is 10.4 Å². The van der Waals surface area contributed by atoms with Gasteiger partial charge in [0.25, 0.3) is 5.91 Å². The number of benzene rings is 1. The molecule has 0 fully saturated rings. The Morgan fingerprint density at radius 2 is 1.75 bits per heavy atom. The number of amides is 1. The normalized spacial score (nSPS) is 15.0. The van der Waals surface area contributed by atoms with E-state index in [9.17, 15) is 14.4 Å². The molecule has 1 aliphatic rings. The van der Waals surface area contributed by atoms with Gasteiger partial charge in [0.2, 0.25) is 0 Å². The fourth-order valence-electron chi connectivity index (χ4n) is 1.73. The highest BCUT2D eigenvalue weighted by atomic mass is 32.2. The Labute approximate surface area is 142 Å². The van der Waals surface area contributed by atoms with Crippen molar-refractivity contribution in [3.8, 4) is 5.75 Å². The van der Waals surface area contributed by atoms with Crippen LogP contribution in [0.15, 0.2) is 40.3 Å². The zero-order valence-electron chi connectivity index (χ0n) is 13.1. The molecule has 0 spiro atoms. The van der Waals surface area contributed by atoms with Crippen molar-refractivity contribution < 1.29 is 28.6 Å². The minimum Gasteiger partial charge on any atom is -0.497 e. The van der Waals surface area contributed by atoms with Crippen molar-refractivity contribution in [1.29, 1.82) is 0 Å². The highest BCUT2D eigenvalue weighted by molar-refractivity contribution is 8.02. The summed E-state index contributed by atoms with van der Waals surface area (Å²) in [5, 5.41) is 3.93. The molecule has 1 amide bonds. The molecular weight excluding hydrogens is 336 g/mol. The Kier molecular flexibility index (Phi) is 5.59. The van der Waals surface area contributed by atoms with Crippen LogP contribution in [-0.4, -0.2) is 49.3 Å². The van der Waals surface area contributed by atoms with Crippen molar-refractivity contribution in [3.63, 3.8) is 0 Å². The van der Waals surface area contributed by atoms with Gasteiger partial charge in [0, 0.05) is 23.6 Å². The van der Waals surface area contributed by atoms with E-state index in [0.717, 1.165) is 22.4 Å². The molecular formula is C15H14N2O6S. The van der Waals surface area contributed by atoms with Crippen LogP contribution >= 0.6 is 11.9 Å². The standard InChI is InChI=1S/C15H14N2O6S/c1-21-10-6-4-9(5-7-10)14(19)17-16-13(15(20)23-3)11(24-17)8-12(18)22-2/h4-8H,1-3H3/b11-8+. The van der Waals surface area contributed by atoms with Crippen molar-refractivity contribution in [3.05, 3.63) is 40.8 Å². The van der Waals surface area contributed by atoms with Gasteiger partial charge in [0.15, 0.2) is 5.71 Å². The Balaban J connectivity index is 2.28. The maximum Gasteiger partial charge on any atom is 0.359 e. The molecule has 1 aromatic carbocycles. The number of esters is 2. The number of hydrazone groups is 1. The number of ether oxygens (including phenoxy) is 3. The van der Waals surface area contributed by atoms with Crippen LogP contribution in [0.5, 0.6) is 5.75 Å².